The van der Waals surface area contributed by atoms with Gasteiger partial charge in [-0.1, -0.05) is 25.1 Å². The Kier molecular flexibility index (Phi) is 4.72. The van der Waals surface area contributed by atoms with Crippen LogP contribution in [0.1, 0.15) is 18.2 Å². The van der Waals surface area contributed by atoms with Crippen molar-refractivity contribution in [3.63, 3.8) is 0 Å². The summed E-state index contributed by atoms with van der Waals surface area (Å²) in [5, 5.41) is 7.51. The molecule has 4 aromatic rings. The molecule has 0 fully saturated rings. The number of fused-ring (bicyclic) bond motifs is 1. The second-order valence-corrected chi connectivity index (χ2v) is 6.12. The summed E-state index contributed by atoms with van der Waals surface area (Å²) in [6.07, 6.45) is 6.58. The van der Waals surface area contributed by atoms with Crippen molar-refractivity contribution in [3.8, 4) is 5.69 Å². The zero-order valence-electron chi connectivity index (χ0n) is 15.1. The van der Waals surface area contributed by atoms with Gasteiger partial charge in [0.05, 0.1) is 0 Å². The van der Waals surface area contributed by atoms with Gasteiger partial charge in [0.15, 0.2) is 5.82 Å². The van der Waals surface area contributed by atoms with Crippen molar-refractivity contribution in [2.75, 3.05) is 5.32 Å². The van der Waals surface area contributed by atoms with Crippen molar-refractivity contribution >= 4 is 28.6 Å². The maximum absolute atomic E-state index is 14.3. The molecule has 0 aliphatic rings. The summed E-state index contributed by atoms with van der Waals surface area (Å²) in [6, 6.07) is 12.1. The van der Waals surface area contributed by atoms with E-state index >= 15 is 0 Å². The maximum atomic E-state index is 14.3. The zero-order chi connectivity index (χ0) is 19.5. The van der Waals surface area contributed by atoms with Gasteiger partial charge in [-0.05, 0) is 30.3 Å². The van der Waals surface area contributed by atoms with Crippen molar-refractivity contribution in [2.24, 2.45) is 0 Å². The van der Waals surface area contributed by atoms with E-state index in [-0.39, 0.29) is 11.6 Å². The molecule has 1 amide bonds. The normalized spacial score (nSPS) is 11.4. The fourth-order valence-corrected chi connectivity index (χ4v) is 3.01. The van der Waals surface area contributed by atoms with Crippen LogP contribution >= 0.6 is 0 Å². The van der Waals surface area contributed by atoms with Crippen LogP contribution in [-0.4, -0.2) is 20.7 Å². The lowest BCUT2D eigenvalue weighted by molar-refractivity contribution is -0.111. The number of carbonyl (C=O) groups is 1. The van der Waals surface area contributed by atoms with Crippen molar-refractivity contribution in [2.45, 2.75) is 13.3 Å². The number of rotatable bonds is 5. The van der Waals surface area contributed by atoms with Gasteiger partial charge >= 0.3 is 0 Å². The Morgan fingerprint density at radius 2 is 2.14 bits per heavy atom. The van der Waals surface area contributed by atoms with Crippen LogP contribution < -0.4 is 5.32 Å². The van der Waals surface area contributed by atoms with E-state index in [1.807, 2.05) is 31.2 Å². The fraction of sp³-hybridized carbons (Fsp3) is 0.0952. The summed E-state index contributed by atoms with van der Waals surface area (Å²) in [5.41, 5.74) is 2.26. The molecule has 4 rings (SSSR count). The summed E-state index contributed by atoms with van der Waals surface area (Å²) in [6.45, 7) is 1.99. The van der Waals surface area contributed by atoms with Crippen molar-refractivity contribution in [1.29, 1.82) is 0 Å². The third kappa shape index (κ3) is 3.42. The minimum atomic E-state index is -0.513. The number of nitrogens with zero attached hydrogens (tertiary/aromatic N) is 3. The smallest absolute Gasteiger partial charge is 0.248 e. The summed E-state index contributed by atoms with van der Waals surface area (Å²) in [5.74, 6) is -0.0601. The lowest BCUT2D eigenvalue weighted by atomic mass is 10.1. The molecule has 0 saturated heterocycles. The summed E-state index contributed by atoms with van der Waals surface area (Å²) in [7, 11) is 0. The highest BCUT2D eigenvalue weighted by molar-refractivity contribution is 6.03. The molecule has 2 aromatic heterocycles. The number of hydrogen-bond acceptors (Lipinski definition) is 4. The van der Waals surface area contributed by atoms with Crippen LogP contribution in [0.4, 0.5) is 10.1 Å². The molecule has 2 heterocycles. The number of aryl methyl sites for hydroxylation is 1. The van der Waals surface area contributed by atoms with Gasteiger partial charge < -0.3 is 9.73 Å². The topological polar surface area (TPSA) is 73.0 Å². The minimum Gasteiger partial charge on any atom is -0.460 e. The highest BCUT2D eigenvalue weighted by Gasteiger charge is 2.11. The maximum Gasteiger partial charge on any atom is 0.248 e. The second kappa shape index (κ2) is 7.48. The number of aromatic nitrogens is 3. The van der Waals surface area contributed by atoms with Gasteiger partial charge in [0.1, 0.15) is 29.7 Å². The van der Waals surface area contributed by atoms with Crippen LogP contribution in [0.2, 0.25) is 0 Å². The molecule has 0 atom stereocenters. The van der Waals surface area contributed by atoms with E-state index in [2.05, 4.69) is 15.4 Å². The van der Waals surface area contributed by atoms with Crippen LogP contribution in [0, 0.1) is 5.82 Å². The first-order chi connectivity index (χ1) is 13.7. The Hall–Kier alpha value is -3.74. The number of anilines is 1. The monoisotopic (exact) mass is 376 g/mol. The molecule has 0 aliphatic carbocycles. The van der Waals surface area contributed by atoms with E-state index in [0.29, 0.717) is 12.1 Å². The van der Waals surface area contributed by atoms with Crippen LogP contribution in [0.25, 0.3) is 22.7 Å². The van der Waals surface area contributed by atoms with Crippen LogP contribution in [-0.2, 0) is 11.2 Å². The third-order valence-electron chi connectivity index (χ3n) is 4.31. The number of carbonyl (C=O) groups excluding carboxylic acids is 1. The van der Waals surface area contributed by atoms with Gasteiger partial charge in [-0.15, -0.1) is 0 Å². The number of nitrogens with one attached hydrogen (secondary N) is 1. The average molecular weight is 376 g/mol. The number of hydrogen-bond donors (Lipinski definition) is 1. The largest absolute Gasteiger partial charge is 0.460 e. The Labute approximate surface area is 160 Å². The number of para-hydroxylation sites is 1. The second-order valence-electron chi connectivity index (χ2n) is 6.12. The lowest BCUT2D eigenvalue weighted by Gasteiger charge is -2.06. The Morgan fingerprint density at radius 1 is 1.29 bits per heavy atom. The average Bonchev–Trinajstić information content (AvgIpc) is 3.34. The Morgan fingerprint density at radius 3 is 2.89 bits per heavy atom. The molecule has 6 nitrogen and oxygen atoms in total. The van der Waals surface area contributed by atoms with E-state index in [1.165, 1.54) is 35.5 Å². The van der Waals surface area contributed by atoms with Gasteiger partial charge in [0.2, 0.25) is 5.91 Å². The van der Waals surface area contributed by atoms with Gasteiger partial charge in [-0.2, -0.15) is 5.10 Å². The molecular weight excluding hydrogens is 359 g/mol. The molecule has 0 bridgehead atoms. The Bertz CT molecular complexity index is 1160. The quantitative estimate of drug-likeness (QED) is 0.525. The first-order valence-corrected chi connectivity index (χ1v) is 8.79. The molecule has 7 heteroatoms. The van der Waals surface area contributed by atoms with E-state index in [1.54, 1.807) is 12.1 Å². The zero-order valence-corrected chi connectivity index (χ0v) is 15.1. The number of halogens is 1. The lowest BCUT2D eigenvalue weighted by Crippen LogP contribution is -2.08. The Balaban J connectivity index is 1.53. The molecule has 0 spiro atoms. The van der Waals surface area contributed by atoms with Crippen molar-refractivity contribution < 1.29 is 13.6 Å². The van der Waals surface area contributed by atoms with Crippen molar-refractivity contribution in [3.05, 3.63) is 78.3 Å². The molecular formula is C21H17FN4O2. The van der Waals surface area contributed by atoms with Crippen molar-refractivity contribution in [1.82, 2.24) is 14.8 Å². The van der Waals surface area contributed by atoms with Gasteiger partial charge in [0.25, 0.3) is 0 Å². The van der Waals surface area contributed by atoms with Gasteiger partial charge in [-0.3, -0.25) is 4.79 Å². The summed E-state index contributed by atoms with van der Waals surface area (Å²) in [4.78, 5) is 16.1. The predicted molar refractivity (Wildman–Crippen MR) is 105 cm³/mol. The predicted octanol–water partition coefficient (Wildman–Crippen LogP) is 4.37. The third-order valence-corrected chi connectivity index (χ3v) is 4.31. The highest BCUT2D eigenvalue weighted by atomic mass is 19.1. The molecule has 140 valence electrons. The van der Waals surface area contributed by atoms with Gasteiger partial charge in [0, 0.05) is 29.1 Å². The first kappa shape index (κ1) is 17.7. The standard InChI is InChI=1S/C21H17FN4O2/c1-2-19-16(15-5-3-4-6-20(15)28-19)8-10-21(27)25-14-7-9-18(17(22)11-14)26-13-23-12-24-26/h3-13H,2H2,1H3,(H,25,27)/b10-8+. The van der Waals surface area contributed by atoms with E-state index in [0.717, 1.165) is 22.3 Å². The fourth-order valence-electron chi connectivity index (χ4n) is 3.01. The molecule has 0 unspecified atom stereocenters. The first-order valence-electron chi connectivity index (χ1n) is 8.79. The molecule has 0 saturated carbocycles. The molecule has 0 aliphatic heterocycles. The molecule has 1 N–H and O–H groups in total. The van der Waals surface area contributed by atoms with E-state index in [4.69, 9.17) is 4.42 Å². The SMILES string of the molecule is CCc1oc2ccccc2c1/C=C/C(=O)Nc1ccc(-n2cncn2)c(F)c1. The van der Waals surface area contributed by atoms with Crippen LogP contribution in [0.5, 0.6) is 0 Å². The molecule has 0 radical (unpaired) electrons. The number of furan rings is 1. The minimum absolute atomic E-state index is 0.253. The highest BCUT2D eigenvalue weighted by Crippen LogP contribution is 2.27. The number of benzene rings is 2. The van der Waals surface area contributed by atoms with Gasteiger partial charge in [-0.25, -0.2) is 14.1 Å². The number of amides is 1. The summed E-state index contributed by atoms with van der Waals surface area (Å²) >= 11 is 0. The molecule has 2 aromatic carbocycles. The molecule has 28 heavy (non-hydrogen) atoms. The van der Waals surface area contributed by atoms with Crippen LogP contribution in [0.3, 0.4) is 0 Å². The van der Waals surface area contributed by atoms with Crippen LogP contribution in [0.15, 0.2) is 65.6 Å². The van der Waals surface area contributed by atoms with E-state index in [9.17, 15) is 9.18 Å². The summed E-state index contributed by atoms with van der Waals surface area (Å²) < 4.78 is 21.4. The van der Waals surface area contributed by atoms with E-state index < -0.39 is 5.82 Å².